The van der Waals surface area contributed by atoms with Crippen molar-refractivity contribution in [1.82, 2.24) is 10.1 Å². The SMILES string of the molecule is COc1cccc(COCc2noc(C3CCCCC3(C)N)n2)c1. The molecule has 1 aliphatic rings. The van der Waals surface area contributed by atoms with Gasteiger partial charge in [-0.05, 0) is 37.5 Å². The topological polar surface area (TPSA) is 83.4 Å². The number of nitrogens with two attached hydrogens (primary N) is 1. The second-order valence-electron chi connectivity index (χ2n) is 6.70. The molecule has 0 radical (unpaired) electrons. The molecule has 0 bridgehead atoms. The maximum atomic E-state index is 6.40. The molecule has 1 fully saturated rings. The van der Waals surface area contributed by atoms with Crippen molar-refractivity contribution in [2.24, 2.45) is 5.73 Å². The molecule has 0 saturated heterocycles. The molecule has 130 valence electrons. The van der Waals surface area contributed by atoms with E-state index in [1.165, 1.54) is 0 Å². The monoisotopic (exact) mass is 331 g/mol. The Kier molecular flexibility index (Phi) is 5.16. The molecule has 2 atom stereocenters. The van der Waals surface area contributed by atoms with Crippen LogP contribution in [0.1, 0.15) is 55.8 Å². The van der Waals surface area contributed by atoms with Gasteiger partial charge in [-0.1, -0.05) is 30.1 Å². The van der Waals surface area contributed by atoms with E-state index in [-0.39, 0.29) is 11.5 Å². The fraction of sp³-hybridized carbons (Fsp3) is 0.556. The lowest BCUT2D eigenvalue weighted by atomic mass is 9.74. The van der Waals surface area contributed by atoms with E-state index < -0.39 is 0 Å². The predicted octanol–water partition coefficient (Wildman–Crippen LogP) is 3.17. The molecule has 1 aromatic heterocycles. The van der Waals surface area contributed by atoms with E-state index in [0.717, 1.165) is 37.0 Å². The molecule has 0 spiro atoms. The second-order valence-corrected chi connectivity index (χ2v) is 6.70. The van der Waals surface area contributed by atoms with E-state index in [9.17, 15) is 0 Å². The highest BCUT2D eigenvalue weighted by atomic mass is 16.5. The third kappa shape index (κ3) is 3.94. The van der Waals surface area contributed by atoms with Crippen LogP contribution in [-0.2, 0) is 18.0 Å². The van der Waals surface area contributed by atoms with E-state index in [4.69, 9.17) is 19.7 Å². The lowest BCUT2D eigenvalue weighted by molar-refractivity contribution is 0.0998. The van der Waals surface area contributed by atoms with E-state index in [1.54, 1.807) is 7.11 Å². The lowest BCUT2D eigenvalue weighted by Gasteiger charge is -2.35. The van der Waals surface area contributed by atoms with Crippen LogP contribution < -0.4 is 10.5 Å². The molecule has 1 aromatic carbocycles. The normalized spacial score (nSPS) is 24.0. The molecular formula is C18H25N3O3. The molecule has 0 amide bonds. The average Bonchev–Trinajstić information content (AvgIpc) is 3.03. The number of methoxy groups -OCH3 is 1. The number of ether oxygens (including phenoxy) is 2. The molecule has 3 rings (SSSR count). The van der Waals surface area contributed by atoms with Crippen molar-refractivity contribution in [2.75, 3.05) is 7.11 Å². The van der Waals surface area contributed by atoms with Crippen LogP contribution in [0.15, 0.2) is 28.8 Å². The maximum absolute atomic E-state index is 6.40. The molecule has 2 aromatic rings. The summed E-state index contributed by atoms with van der Waals surface area (Å²) in [6, 6.07) is 7.79. The Labute approximate surface area is 142 Å². The minimum atomic E-state index is -0.274. The summed E-state index contributed by atoms with van der Waals surface area (Å²) < 4.78 is 16.3. The maximum Gasteiger partial charge on any atom is 0.231 e. The van der Waals surface area contributed by atoms with Gasteiger partial charge in [-0.25, -0.2) is 0 Å². The Morgan fingerprint density at radius 1 is 1.33 bits per heavy atom. The van der Waals surface area contributed by atoms with Gasteiger partial charge in [-0.2, -0.15) is 4.98 Å². The Bertz CT molecular complexity index is 669. The second kappa shape index (κ2) is 7.32. The van der Waals surface area contributed by atoms with Crippen LogP contribution in [0.2, 0.25) is 0 Å². The van der Waals surface area contributed by atoms with Crippen LogP contribution in [0, 0.1) is 0 Å². The van der Waals surface area contributed by atoms with Crippen LogP contribution in [0.25, 0.3) is 0 Å². The Morgan fingerprint density at radius 2 is 2.21 bits per heavy atom. The van der Waals surface area contributed by atoms with Crippen molar-refractivity contribution in [1.29, 1.82) is 0 Å². The summed E-state index contributed by atoms with van der Waals surface area (Å²) in [6.45, 7) is 2.85. The van der Waals surface area contributed by atoms with Gasteiger partial charge in [0.1, 0.15) is 12.4 Å². The zero-order chi connectivity index (χ0) is 17.0. The zero-order valence-electron chi connectivity index (χ0n) is 14.3. The third-order valence-corrected chi connectivity index (χ3v) is 4.67. The molecule has 2 N–H and O–H groups in total. The van der Waals surface area contributed by atoms with Crippen molar-refractivity contribution < 1.29 is 14.0 Å². The Hall–Kier alpha value is -1.92. The van der Waals surface area contributed by atoms with Gasteiger partial charge in [-0.15, -0.1) is 0 Å². The Morgan fingerprint density at radius 3 is 3.00 bits per heavy atom. The van der Waals surface area contributed by atoms with E-state index in [0.29, 0.717) is 24.9 Å². The molecule has 1 saturated carbocycles. The lowest BCUT2D eigenvalue weighted by Crippen LogP contribution is -2.44. The van der Waals surface area contributed by atoms with Crippen molar-refractivity contribution in [3.05, 3.63) is 41.5 Å². The Balaban J connectivity index is 1.56. The first-order chi connectivity index (χ1) is 11.6. The summed E-state index contributed by atoms with van der Waals surface area (Å²) in [5, 5.41) is 4.03. The molecular weight excluding hydrogens is 306 g/mol. The van der Waals surface area contributed by atoms with Crippen LogP contribution in [0.3, 0.4) is 0 Å². The van der Waals surface area contributed by atoms with Gasteiger partial charge >= 0.3 is 0 Å². The summed E-state index contributed by atoms with van der Waals surface area (Å²) in [4.78, 5) is 4.49. The summed E-state index contributed by atoms with van der Waals surface area (Å²) in [6.07, 6.45) is 4.30. The van der Waals surface area contributed by atoms with Crippen LogP contribution in [0.4, 0.5) is 0 Å². The molecule has 6 heteroatoms. The smallest absolute Gasteiger partial charge is 0.231 e. The fourth-order valence-electron chi connectivity index (χ4n) is 3.25. The van der Waals surface area contributed by atoms with Crippen molar-refractivity contribution in [2.45, 2.75) is 57.3 Å². The average molecular weight is 331 g/mol. The number of hydrogen-bond acceptors (Lipinski definition) is 6. The summed E-state index contributed by atoms with van der Waals surface area (Å²) >= 11 is 0. The van der Waals surface area contributed by atoms with E-state index in [1.807, 2.05) is 24.3 Å². The van der Waals surface area contributed by atoms with Crippen LogP contribution in [-0.4, -0.2) is 22.8 Å². The number of nitrogens with zero attached hydrogens (tertiary/aromatic N) is 2. The van der Waals surface area contributed by atoms with Crippen molar-refractivity contribution in [3.8, 4) is 5.75 Å². The number of hydrogen-bond donors (Lipinski definition) is 1. The quantitative estimate of drug-likeness (QED) is 0.875. The summed E-state index contributed by atoms with van der Waals surface area (Å²) in [5.41, 5.74) is 7.16. The molecule has 0 aliphatic heterocycles. The molecule has 24 heavy (non-hydrogen) atoms. The molecule has 1 heterocycles. The van der Waals surface area contributed by atoms with Gasteiger partial charge in [0, 0.05) is 5.54 Å². The van der Waals surface area contributed by atoms with Crippen molar-refractivity contribution in [3.63, 3.8) is 0 Å². The number of rotatable bonds is 6. The highest BCUT2D eigenvalue weighted by Crippen LogP contribution is 2.38. The zero-order valence-corrected chi connectivity index (χ0v) is 14.3. The fourth-order valence-corrected chi connectivity index (χ4v) is 3.25. The first-order valence-corrected chi connectivity index (χ1v) is 8.40. The van der Waals surface area contributed by atoms with Gasteiger partial charge < -0.3 is 19.7 Å². The third-order valence-electron chi connectivity index (χ3n) is 4.67. The van der Waals surface area contributed by atoms with Crippen LogP contribution in [0.5, 0.6) is 5.75 Å². The van der Waals surface area contributed by atoms with Gasteiger partial charge in [0.15, 0.2) is 5.82 Å². The van der Waals surface area contributed by atoms with E-state index >= 15 is 0 Å². The summed E-state index contributed by atoms with van der Waals surface area (Å²) in [7, 11) is 1.65. The molecule has 1 aliphatic carbocycles. The van der Waals surface area contributed by atoms with E-state index in [2.05, 4.69) is 17.1 Å². The first-order valence-electron chi connectivity index (χ1n) is 8.40. The van der Waals surface area contributed by atoms with Gasteiger partial charge in [-0.3, -0.25) is 0 Å². The number of aromatic nitrogens is 2. The minimum absolute atomic E-state index is 0.130. The summed E-state index contributed by atoms with van der Waals surface area (Å²) in [5.74, 6) is 2.15. The predicted molar refractivity (Wildman–Crippen MR) is 89.6 cm³/mol. The van der Waals surface area contributed by atoms with Crippen LogP contribution >= 0.6 is 0 Å². The van der Waals surface area contributed by atoms with Crippen molar-refractivity contribution >= 4 is 0 Å². The minimum Gasteiger partial charge on any atom is -0.497 e. The van der Waals surface area contributed by atoms with Gasteiger partial charge in [0.25, 0.3) is 0 Å². The van der Waals surface area contributed by atoms with Gasteiger partial charge in [0.05, 0.1) is 19.6 Å². The standard InChI is InChI=1S/C18H25N3O3/c1-18(19)9-4-3-8-15(18)17-20-16(21-24-17)12-23-11-13-6-5-7-14(10-13)22-2/h5-7,10,15H,3-4,8-9,11-12,19H2,1-2H3. The molecule has 2 unspecified atom stereocenters. The highest BCUT2D eigenvalue weighted by Gasteiger charge is 2.37. The van der Waals surface area contributed by atoms with Gasteiger partial charge in [0.2, 0.25) is 5.89 Å². The first kappa shape index (κ1) is 16.9. The highest BCUT2D eigenvalue weighted by molar-refractivity contribution is 5.27. The molecule has 6 nitrogen and oxygen atoms in total. The largest absolute Gasteiger partial charge is 0.497 e. The number of benzene rings is 1.